The summed E-state index contributed by atoms with van der Waals surface area (Å²) in [7, 11) is 0. The molecule has 2 aliphatic heterocycles. The van der Waals surface area contributed by atoms with Gasteiger partial charge in [0.15, 0.2) is 11.6 Å². The van der Waals surface area contributed by atoms with Crippen LogP contribution >= 0.6 is 0 Å². The predicted octanol–water partition coefficient (Wildman–Crippen LogP) is 25.5. The lowest BCUT2D eigenvalue weighted by molar-refractivity contribution is 0.436. The lowest BCUT2D eigenvalue weighted by atomic mass is 9.66. The molecule has 2 aromatic heterocycles. The fraction of sp³-hybridized carbons (Fsp3) is 0.0196. The molecule has 0 saturated carbocycles. The zero-order valence-corrected chi connectivity index (χ0v) is 58.4. The van der Waals surface area contributed by atoms with Crippen LogP contribution in [0.4, 0.5) is 0 Å². The first kappa shape index (κ1) is 61.3. The van der Waals surface area contributed by atoms with Gasteiger partial charge in [0.05, 0.1) is 33.6 Å². The van der Waals surface area contributed by atoms with E-state index in [0.29, 0.717) is 11.6 Å². The van der Waals surface area contributed by atoms with Gasteiger partial charge in [-0.2, -0.15) is 0 Å². The van der Waals surface area contributed by atoms with E-state index in [9.17, 15) is 0 Å². The van der Waals surface area contributed by atoms with Gasteiger partial charge >= 0.3 is 0 Å². The summed E-state index contributed by atoms with van der Waals surface area (Å²) >= 11 is 0. The predicted molar refractivity (Wildman–Crippen MR) is 436 cm³/mol. The molecular formula is C102H62N4O2. The molecule has 2 spiro atoms. The van der Waals surface area contributed by atoms with Crippen LogP contribution in [-0.2, 0) is 10.8 Å². The SMILES string of the molecule is c1ccc(-c2cccc(-c3cc(-c4cccc(-c5cccc(-c6ccc7c(c6)Oc6cc(-c8nc(-c9ccccc9)cc(-c9ccc%10c(ccc%11ccccc%11%10)c9)n8)ccc6C76c7ccccc7-c7ccccc76)c5)c4)nc(-c4ccc5c(c4)Oc4ccccc4C54c5ccccc5-c5ccccc54)n3)c2)cc1. The maximum absolute atomic E-state index is 7.44. The first-order valence-corrected chi connectivity index (χ1v) is 36.9. The Kier molecular flexibility index (Phi) is 13.7. The van der Waals surface area contributed by atoms with Gasteiger partial charge in [-0.05, 0) is 160 Å². The zero-order valence-electron chi connectivity index (χ0n) is 58.4. The van der Waals surface area contributed by atoms with Crippen LogP contribution in [0.2, 0.25) is 0 Å². The molecule has 0 amide bonds. The van der Waals surface area contributed by atoms with Gasteiger partial charge in [0.2, 0.25) is 0 Å². The standard InChI is InChI=1S/C102H62N4O2/c1-3-22-63(23-4-1)66-27-20-31-72(55-66)92-62-93(105-100(104-92)75-48-52-89-97(59-75)107-95-43-18-17-42-87(95)101(89)83-38-13-9-34-79(83)80-35-10-14-39-84(80)101)73-32-21-30-69(56-73)67-28-19-29-68(54-67)70-47-51-88-96(58-70)108-98-60-76(49-53-90(98)102(88)85-40-15-11-36-81(85)82-37-12-16-41-86(82)102)99-103-91(65-25-5-2-6-26-65)61-94(106-99)74-46-50-78-71(57-74)45-44-64-24-7-8-33-77(64)78/h1-62H. The summed E-state index contributed by atoms with van der Waals surface area (Å²) in [6.07, 6.45) is 0. The minimum Gasteiger partial charge on any atom is -0.457 e. The molecule has 0 radical (unpaired) electrons. The summed E-state index contributed by atoms with van der Waals surface area (Å²) in [5.41, 5.74) is 28.3. The molecule has 6 heteroatoms. The third-order valence-corrected chi connectivity index (χ3v) is 22.8. The number of aromatic nitrogens is 4. The first-order valence-electron chi connectivity index (χ1n) is 36.9. The van der Waals surface area contributed by atoms with Gasteiger partial charge in [0.1, 0.15) is 23.0 Å². The molecule has 0 unspecified atom stereocenters. The van der Waals surface area contributed by atoms with Crippen LogP contribution in [0.5, 0.6) is 23.0 Å². The normalized spacial score (nSPS) is 13.3. The summed E-state index contributed by atoms with van der Waals surface area (Å²) in [6, 6.07) is 135. The quantitative estimate of drug-likeness (QED) is 0.134. The molecular weight excluding hydrogens is 1310 g/mol. The van der Waals surface area contributed by atoms with Crippen molar-refractivity contribution in [3.05, 3.63) is 421 Å². The van der Waals surface area contributed by atoms with Crippen molar-refractivity contribution in [2.24, 2.45) is 0 Å². The molecule has 18 aromatic rings. The molecule has 2 aliphatic carbocycles. The van der Waals surface area contributed by atoms with Crippen LogP contribution in [0.3, 0.4) is 0 Å². The molecule has 4 aliphatic rings. The van der Waals surface area contributed by atoms with Crippen molar-refractivity contribution in [1.29, 1.82) is 0 Å². The lowest BCUT2D eigenvalue weighted by Gasteiger charge is -2.39. The Labute approximate surface area is 624 Å². The van der Waals surface area contributed by atoms with Gasteiger partial charge in [-0.1, -0.05) is 315 Å². The number of ether oxygens (including phenoxy) is 2. The van der Waals surface area contributed by atoms with Crippen LogP contribution in [-0.4, -0.2) is 19.9 Å². The van der Waals surface area contributed by atoms with E-state index in [1.165, 1.54) is 60.7 Å². The average molecular weight is 1380 g/mol. The molecule has 108 heavy (non-hydrogen) atoms. The molecule has 502 valence electrons. The van der Waals surface area contributed by atoms with E-state index in [1.54, 1.807) is 0 Å². The number of para-hydroxylation sites is 1. The summed E-state index contributed by atoms with van der Waals surface area (Å²) in [5, 5.41) is 4.81. The van der Waals surface area contributed by atoms with Crippen LogP contribution < -0.4 is 9.47 Å². The number of fused-ring (bicyclic) bond motifs is 21. The van der Waals surface area contributed by atoms with Crippen LogP contribution in [0.25, 0.3) is 145 Å². The summed E-state index contributed by atoms with van der Waals surface area (Å²) in [5.74, 6) is 4.35. The Morgan fingerprint density at radius 3 is 1.02 bits per heavy atom. The maximum atomic E-state index is 7.44. The second-order valence-electron chi connectivity index (χ2n) is 28.6. The highest BCUT2D eigenvalue weighted by Crippen LogP contribution is 2.65. The first-order chi connectivity index (χ1) is 53.5. The fourth-order valence-corrected chi connectivity index (χ4v) is 18.0. The number of benzene rings is 16. The number of nitrogens with zero attached hydrogens (tertiary/aromatic N) is 4. The molecule has 0 atom stereocenters. The number of rotatable bonds is 9. The zero-order chi connectivity index (χ0) is 71.0. The molecule has 0 fully saturated rings. The third-order valence-electron chi connectivity index (χ3n) is 22.8. The molecule has 0 N–H and O–H groups in total. The van der Waals surface area contributed by atoms with Gasteiger partial charge in [0.25, 0.3) is 0 Å². The third kappa shape index (κ3) is 9.46. The van der Waals surface area contributed by atoms with Crippen molar-refractivity contribution in [2.45, 2.75) is 10.8 Å². The highest BCUT2D eigenvalue weighted by Gasteiger charge is 2.53. The fourth-order valence-electron chi connectivity index (χ4n) is 18.0. The molecule has 0 bridgehead atoms. The van der Waals surface area contributed by atoms with Crippen LogP contribution in [0, 0.1) is 0 Å². The topological polar surface area (TPSA) is 70.0 Å². The minimum atomic E-state index is -0.702. The van der Waals surface area contributed by atoms with Crippen molar-refractivity contribution in [3.8, 4) is 146 Å². The highest BCUT2D eigenvalue weighted by molar-refractivity contribution is 6.08. The number of hydrogen-bond acceptors (Lipinski definition) is 6. The molecule has 0 saturated heterocycles. The van der Waals surface area contributed by atoms with Gasteiger partial charge < -0.3 is 9.47 Å². The molecule has 6 nitrogen and oxygen atoms in total. The second-order valence-corrected chi connectivity index (χ2v) is 28.6. The van der Waals surface area contributed by atoms with Crippen molar-refractivity contribution in [1.82, 2.24) is 19.9 Å². The van der Waals surface area contributed by atoms with E-state index in [-0.39, 0.29) is 0 Å². The Bertz CT molecular complexity index is 6690. The largest absolute Gasteiger partial charge is 0.457 e. The van der Waals surface area contributed by atoms with Crippen LogP contribution in [0.15, 0.2) is 376 Å². The van der Waals surface area contributed by atoms with E-state index in [0.717, 1.165) is 140 Å². The molecule has 22 rings (SSSR count). The Morgan fingerprint density at radius 2 is 0.500 bits per heavy atom. The van der Waals surface area contributed by atoms with E-state index in [1.807, 2.05) is 6.07 Å². The van der Waals surface area contributed by atoms with Crippen molar-refractivity contribution < 1.29 is 9.47 Å². The minimum absolute atomic E-state index is 0.595. The maximum Gasteiger partial charge on any atom is 0.160 e. The van der Waals surface area contributed by atoms with Crippen molar-refractivity contribution in [3.63, 3.8) is 0 Å². The molecule has 4 heterocycles. The van der Waals surface area contributed by atoms with Crippen molar-refractivity contribution in [2.75, 3.05) is 0 Å². The van der Waals surface area contributed by atoms with E-state index >= 15 is 0 Å². The van der Waals surface area contributed by atoms with E-state index in [4.69, 9.17) is 29.4 Å². The summed E-state index contributed by atoms with van der Waals surface area (Å²) < 4.78 is 14.5. The summed E-state index contributed by atoms with van der Waals surface area (Å²) in [4.78, 5) is 21.8. The van der Waals surface area contributed by atoms with E-state index < -0.39 is 10.8 Å². The summed E-state index contributed by atoms with van der Waals surface area (Å²) in [6.45, 7) is 0. The monoisotopic (exact) mass is 1370 g/mol. The average Bonchev–Trinajstić information content (AvgIpc) is 1.50. The van der Waals surface area contributed by atoms with Crippen LogP contribution in [0.1, 0.15) is 44.5 Å². The Hall–Kier alpha value is -14.2. The van der Waals surface area contributed by atoms with Gasteiger partial charge in [-0.25, -0.2) is 19.9 Å². The van der Waals surface area contributed by atoms with Gasteiger partial charge in [-0.15, -0.1) is 0 Å². The van der Waals surface area contributed by atoms with E-state index in [2.05, 4.69) is 370 Å². The van der Waals surface area contributed by atoms with Gasteiger partial charge in [-0.3, -0.25) is 0 Å². The highest BCUT2D eigenvalue weighted by atomic mass is 16.5. The van der Waals surface area contributed by atoms with Crippen molar-refractivity contribution >= 4 is 21.5 Å². The number of hydrogen-bond donors (Lipinski definition) is 0. The Morgan fingerprint density at radius 1 is 0.176 bits per heavy atom. The lowest BCUT2D eigenvalue weighted by Crippen LogP contribution is -2.32. The molecule has 16 aromatic carbocycles. The van der Waals surface area contributed by atoms with Gasteiger partial charge in [0, 0.05) is 55.6 Å². The smallest absolute Gasteiger partial charge is 0.160 e. The Balaban J connectivity index is 0.651. The second kappa shape index (κ2) is 24.2.